The molecule has 0 unspecified atom stereocenters. The van der Waals surface area contributed by atoms with Gasteiger partial charge in [0, 0.05) is 18.8 Å². The fourth-order valence-corrected chi connectivity index (χ4v) is 7.32. The largest absolute Gasteiger partial charge is 0.458 e. The first kappa shape index (κ1) is 19.8. The Kier molecular flexibility index (Phi) is 4.61. The van der Waals surface area contributed by atoms with E-state index in [2.05, 4.69) is 13.8 Å². The van der Waals surface area contributed by atoms with Crippen molar-refractivity contribution in [2.45, 2.75) is 77.7 Å². The standard InChI is InChI=1S/C23H32O5/c1-14(24)28-13-20(26)23(27)11-8-19-17-5-4-15-12-16(25)6-9-21(15,2)18(17)7-10-22(19,23)3/h12,17-19,27H,4-11,13H2,1-3H3/t17-,18+,19+,21+,22+,23+/m1/s1. The molecule has 28 heavy (non-hydrogen) atoms. The number of aliphatic hydroxyl groups is 1. The van der Waals surface area contributed by atoms with Crippen molar-refractivity contribution in [1.29, 1.82) is 0 Å². The fourth-order valence-electron chi connectivity index (χ4n) is 7.32. The quantitative estimate of drug-likeness (QED) is 0.750. The molecule has 6 atom stereocenters. The highest BCUT2D eigenvalue weighted by Crippen LogP contribution is 2.67. The maximum absolute atomic E-state index is 12.8. The molecule has 0 aromatic heterocycles. The van der Waals surface area contributed by atoms with Gasteiger partial charge in [0.1, 0.15) is 5.60 Å². The zero-order chi connectivity index (χ0) is 20.3. The first-order chi connectivity index (χ1) is 13.1. The first-order valence-corrected chi connectivity index (χ1v) is 10.7. The molecule has 3 fully saturated rings. The fraction of sp³-hybridized carbons (Fsp3) is 0.783. The number of rotatable bonds is 3. The van der Waals surface area contributed by atoms with E-state index in [9.17, 15) is 19.5 Å². The number of allylic oxidation sites excluding steroid dienone is 1. The Bertz CT molecular complexity index is 754. The molecule has 1 N–H and O–H groups in total. The molecule has 3 saturated carbocycles. The Morgan fingerprint density at radius 2 is 1.82 bits per heavy atom. The van der Waals surface area contributed by atoms with Crippen molar-refractivity contribution >= 4 is 17.5 Å². The number of Topliss-reactive ketones (excluding diaryl/α,β-unsaturated/α-hetero) is 1. The number of hydrogen-bond acceptors (Lipinski definition) is 5. The number of carbonyl (C=O) groups is 3. The summed E-state index contributed by atoms with van der Waals surface area (Å²) < 4.78 is 4.92. The van der Waals surface area contributed by atoms with Gasteiger partial charge < -0.3 is 9.84 Å². The summed E-state index contributed by atoms with van der Waals surface area (Å²) >= 11 is 0. The molecule has 0 bridgehead atoms. The lowest BCUT2D eigenvalue weighted by molar-refractivity contribution is -0.169. The summed E-state index contributed by atoms with van der Waals surface area (Å²) in [6.07, 6.45) is 8.53. The van der Waals surface area contributed by atoms with Crippen LogP contribution in [0.5, 0.6) is 0 Å². The first-order valence-electron chi connectivity index (χ1n) is 10.7. The van der Waals surface area contributed by atoms with Crippen molar-refractivity contribution in [3.05, 3.63) is 11.6 Å². The van der Waals surface area contributed by atoms with E-state index in [4.69, 9.17) is 4.74 Å². The molecule has 0 saturated heterocycles. The molecule has 5 nitrogen and oxygen atoms in total. The van der Waals surface area contributed by atoms with Gasteiger partial charge in [-0.2, -0.15) is 0 Å². The van der Waals surface area contributed by atoms with Crippen molar-refractivity contribution in [3.8, 4) is 0 Å². The van der Waals surface area contributed by atoms with E-state index < -0.39 is 17.0 Å². The number of ketones is 2. The summed E-state index contributed by atoms with van der Waals surface area (Å²) in [5.74, 6) is 0.712. The Morgan fingerprint density at radius 3 is 2.54 bits per heavy atom. The van der Waals surface area contributed by atoms with Crippen LogP contribution in [-0.4, -0.2) is 34.9 Å². The molecule has 0 aromatic rings. The molecule has 4 aliphatic carbocycles. The molecule has 0 spiro atoms. The number of fused-ring (bicyclic) bond motifs is 5. The highest BCUT2D eigenvalue weighted by molar-refractivity contribution is 5.92. The summed E-state index contributed by atoms with van der Waals surface area (Å²) in [6.45, 7) is 5.35. The minimum Gasteiger partial charge on any atom is -0.458 e. The molecule has 0 amide bonds. The second-order valence-electron chi connectivity index (χ2n) is 10.0. The third kappa shape index (κ3) is 2.65. The number of hydrogen-bond donors (Lipinski definition) is 1. The molecule has 154 valence electrons. The van der Waals surface area contributed by atoms with Crippen LogP contribution in [0.4, 0.5) is 0 Å². The predicted octanol–water partition coefficient (Wildman–Crippen LogP) is 3.38. The maximum Gasteiger partial charge on any atom is 0.303 e. The predicted molar refractivity (Wildman–Crippen MR) is 103 cm³/mol. The molecule has 4 aliphatic rings. The Morgan fingerprint density at radius 1 is 1.11 bits per heavy atom. The SMILES string of the molecule is CC(=O)OCC(=O)[C@@]1(O)CC[C@H]2[C@@H]3CCC4=CC(=O)CC[C@]4(C)[C@H]3CC[C@@]21C. The average Bonchev–Trinajstić information content (AvgIpc) is 2.92. The molecular weight excluding hydrogens is 356 g/mol. The molecule has 0 aromatic carbocycles. The van der Waals surface area contributed by atoms with Crippen LogP contribution < -0.4 is 0 Å². The summed E-state index contributed by atoms with van der Waals surface area (Å²) in [5, 5.41) is 11.5. The van der Waals surface area contributed by atoms with E-state index in [0.717, 1.165) is 38.5 Å². The van der Waals surface area contributed by atoms with E-state index in [1.807, 2.05) is 6.08 Å². The summed E-state index contributed by atoms with van der Waals surface area (Å²) in [7, 11) is 0. The smallest absolute Gasteiger partial charge is 0.303 e. The van der Waals surface area contributed by atoms with Crippen LogP contribution in [0, 0.1) is 28.6 Å². The van der Waals surface area contributed by atoms with Crippen molar-refractivity contribution in [2.24, 2.45) is 28.6 Å². The highest BCUT2D eigenvalue weighted by Gasteiger charge is 2.66. The Hall–Kier alpha value is -1.49. The lowest BCUT2D eigenvalue weighted by Crippen LogP contribution is -2.58. The monoisotopic (exact) mass is 388 g/mol. The van der Waals surface area contributed by atoms with Gasteiger partial charge in [0.2, 0.25) is 5.78 Å². The third-order valence-corrected chi connectivity index (χ3v) is 8.98. The normalized spacial score (nSPS) is 44.8. The molecule has 5 heteroatoms. The van der Waals surface area contributed by atoms with E-state index in [1.165, 1.54) is 12.5 Å². The maximum atomic E-state index is 12.8. The third-order valence-electron chi connectivity index (χ3n) is 8.98. The van der Waals surface area contributed by atoms with Crippen LogP contribution in [0.15, 0.2) is 11.6 Å². The Balaban J connectivity index is 1.60. The minimum atomic E-state index is -1.41. The van der Waals surface area contributed by atoms with Crippen LogP contribution >= 0.6 is 0 Å². The van der Waals surface area contributed by atoms with Gasteiger partial charge in [-0.3, -0.25) is 14.4 Å². The van der Waals surface area contributed by atoms with Gasteiger partial charge in [-0.05, 0) is 74.2 Å². The van der Waals surface area contributed by atoms with Crippen molar-refractivity contribution in [2.75, 3.05) is 6.61 Å². The van der Waals surface area contributed by atoms with Crippen molar-refractivity contribution < 1.29 is 24.2 Å². The number of ether oxygens (including phenoxy) is 1. The minimum absolute atomic E-state index is 0.0839. The zero-order valence-electron chi connectivity index (χ0n) is 17.3. The van der Waals surface area contributed by atoms with Gasteiger partial charge in [-0.15, -0.1) is 0 Å². The summed E-state index contributed by atoms with van der Waals surface area (Å²) in [5.41, 5.74) is -0.459. The van der Waals surface area contributed by atoms with E-state index >= 15 is 0 Å². The molecule has 0 aliphatic heterocycles. The summed E-state index contributed by atoms with van der Waals surface area (Å²) in [6, 6.07) is 0. The Labute approximate surface area is 166 Å². The zero-order valence-corrected chi connectivity index (χ0v) is 17.3. The van der Waals surface area contributed by atoms with E-state index in [-0.39, 0.29) is 23.6 Å². The van der Waals surface area contributed by atoms with E-state index in [0.29, 0.717) is 30.6 Å². The van der Waals surface area contributed by atoms with Gasteiger partial charge >= 0.3 is 5.97 Å². The molecule has 0 heterocycles. The van der Waals surface area contributed by atoms with Crippen LogP contribution in [0.25, 0.3) is 0 Å². The second kappa shape index (κ2) is 6.51. The van der Waals surface area contributed by atoms with E-state index in [1.54, 1.807) is 0 Å². The van der Waals surface area contributed by atoms with Crippen molar-refractivity contribution in [3.63, 3.8) is 0 Å². The topological polar surface area (TPSA) is 80.7 Å². The van der Waals surface area contributed by atoms with Gasteiger partial charge in [0.25, 0.3) is 0 Å². The lowest BCUT2D eigenvalue weighted by atomic mass is 9.46. The second-order valence-corrected chi connectivity index (χ2v) is 10.0. The lowest BCUT2D eigenvalue weighted by Gasteiger charge is -2.58. The molecular formula is C23H32O5. The van der Waals surface area contributed by atoms with Crippen LogP contribution in [-0.2, 0) is 19.1 Å². The number of carbonyl (C=O) groups excluding carboxylic acids is 3. The van der Waals surface area contributed by atoms with Crippen LogP contribution in [0.2, 0.25) is 0 Å². The van der Waals surface area contributed by atoms with Crippen LogP contribution in [0.1, 0.15) is 72.1 Å². The van der Waals surface area contributed by atoms with Gasteiger partial charge in [0.05, 0.1) is 0 Å². The summed E-state index contributed by atoms with van der Waals surface area (Å²) in [4.78, 5) is 35.9. The molecule has 0 radical (unpaired) electrons. The molecule has 4 rings (SSSR count). The van der Waals surface area contributed by atoms with Crippen LogP contribution in [0.3, 0.4) is 0 Å². The van der Waals surface area contributed by atoms with Gasteiger partial charge in [-0.25, -0.2) is 0 Å². The van der Waals surface area contributed by atoms with Gasteiger partial charge in [0.15, 0.2) is 12.4 Å². The highest BCUT2D eigenvalue weighted by atomic mass is 16.5. The van der Waals surface area contributed by atoms with Crippen molar-refractivity contribution in [1.82, 2.24) is 0 Å². The average molecular weight is 389 g/mol. The van der Waals surface area contributed by atoms with Gasteiger partial charge in [-0.1, -0.05) is 19.4 Å². The number of esters is 1.